The molecule has 1 heterocycles. The molecule has 0 aliphatic rings. The number of amides is 1. The van der Waals surface area contributed by atoms with Crippen LogP contribution >= 0.6 is 24.0 Å². The van der Waals surface area contributed by atoms with Gasteiger partial charge in [0.25, 0.3) is 0 Å². The van der Waals surface area contributed by atoms with E-state index < -0.39 is 0 Å². The van der Waals surface area contributed by atoms with Gasteiger partial charge in [0.15, 0.2) is 27.6 Å². The molecular weight excluding hydrogens is 400 g/mol. The van der Waals surface area contributed by atoms with Crippen molar-refractivity contribution < 1.29 is 14.3 Å². The molecule has 0 spiro atoms. The molecule has 1 aromatic carbocycles. The number of thioether (sulfide) groups is 1. The first kappa shape index (κ1) is 21.8. The molecule has 0 aliphatic heterocycles. The molecule has 11 heteroatoms. The second-order valence-electron chi connectivity index (χ2n) is 5.44. The Balaban J connectivity index is 2.08. The fourth-order valence-corrected chi connectivity index (χ4v) is 3.36. The molecule has 1 aromatic heterocycles. The van der Waals surface area contributed by atoms with Crippen molar-refractivity contribution in [2.75, 3.05) is 26.5 Å². The molecule has 1 amide bonds. The topological polar surface area (TPSA) is 102 Å². The van der Waals surface area contributed by atoms with Gasteiger partial charge < -0.3 is 19.4 Å². The van der Waals surface area contributed by atoms with Gasteiger partial charge in [-0.05, 0) is 44.3 Å². The summed E-state index contributed by atoms with van der Waals surface area (Å²) in [5.41, 5.74) is 6.03. The van der Waals surface area contributed by atoms with Gasteiger partial charge in [0.05, 0.1) is 20.0 Å². The van der Waals surface area contributed by atoms with Gasteiger partial charge >= 0.3 is 0 Å². The maximum absolute atomic E-state index is 12.0. The number of hydrogen-bond acceptors (Lipinski definition) is 7. The number of nitrogens with zero attached hydrogens (tertiary/aromatic N) is 3. The number of benzene rings is 1. The lowest BCUT2D eigenvalue weighted by molar-refractivity contribution is -0.119. The van der Waals surface area contributed by atoms with E-state index in [1.807, 2.05) is 36.6 Å². The molecule has 0 saturated heterocycles. The van der Waals surface area contributed by atoms with E-state index in [0.717, 1.165) is 5.56 Å². The van der Waals surface area contributed by atoms with E-state index in [4.69, 9.17) is 21.7 Å². The SMILES string of the molecule is CCNC(=S)NNC(=O)CSc1nnc(-c2ccc(OC)c(OC)c2)n1CC. The van der Waals surface area contributed by atoms with Crippen LogP contribution in [-0.2, 0) is 11.3 Å². The highest BCUT2D eigenvalue weighted by molar-refractivity contribution is 7.99. The largest absolute Gasteiger partial charge is 0.493 e. The Morgan fingerprint density at radius 2 is 1.93 bits per heavy atom. The first-order valence-corrected chi connectivity index (χ1v) is 10.0. The average molecular weight is 425 g/mol. The summed E-state index contributed by atoms with van der Waals surface area (Å²) in [7, 11) is 3.17. The maximum atomic E-state index is 12.0. The van der Waals surface area contributed by atoms with Gasteiger partial charge in [-0.15, -0.1) is 10.2 Å². The summed E-state index contributed by atoms with van der Waals surface area (Å²) in [4.78, 5) is 12.0. The smallest absolute Gasteiger partial charge is 0.248 e. The third-order valence-electron chi connectivity index (χ3n) is 3.66. The van der Waals surface area contributed by atoms with Gasteiger partial charge in [-0.25, -0.2) is 0 Å². The molecule has 0 fully saturated rings. The van der Waals surface area contributed by atoms with Crippen molar-refractivity contribution in [3.05, 3.63) is 18.2 Å². The minimum atomic E-state index is -0.219. The molecule has 0 bridgehead atoms. The molecule has 0 unspecified atom stereocenters. The van der Waals surface area contributed by atoms with E-state index in [9.17, 15) is 4.79 Å². The van der Waals surface area contributed by atoms with Crippen molar-refractivity contribution in [3.8, 4) is 22.9 Å². The number of nitrogens with one attached hydrogen (secondary N) is 3. The Kier molecular flexibility index (Phi) is 8.33. The van der Waals surface area contributed by atoms with Crippen molar-refractivity contribution >= 4 is 35.0 Å². The van der Waals surface area contributed by atoms with Gasteiger partial charge in [0.2, 0.25) is 5.91 Å². The van der Waals surface area contributed by atoms with Crippen LogP contribution in [0.3, 0.4) is 0 Å². The molecule has 0 atom stereocenters. The molecule has 2 rings (SSSR count). The van der Waals surface area contributed by atoms with Gasteiger partial charge in [0.1, 0.15) is 0 Å². The van der Waals surface area contributed by atoms with Gasteiger partial charge in [0, 0.05) is 18.7 Å². The number of carbonyl (C=O) groups is 1. The molecular formula is C17H24N6O3S2. The number of carbonyl (C=O) groups excluding carboxylic acids is 1. The lowest BCUT2D eigenvalue weighted by Crippen LogP contribution is -2.47. The molecule has 9 nitrogen and oxygen atoms in total. The van der Waals surface area contributed by atoms with Crippen LogP contribution in [0.15, 0.2) is 23.4 Å². The molecule has 28 heavy (non-hydrogen) atoms. The quantitative estimate of drug-likeness (QED) is 0.331. The van der Waals surface area contributed by atoms with E-state index in [0.29, 0.717) is 40.7 Å². The van der Waals surface area contributed by atoms with E-state index in [-0.39, 0.29) is 11.7 Å². The number of ether oxygens (including phenoxy) is 2. The monoisotopic (exact) mass is 424 g/mol. The second kappa shape index (κ2) is 10.7. The van der Waals surface area contributed by atoms with Gasteiger partial charge in [-0.1, -0.05) is 11.8 Å². The summed E-state index contributed by atoms with van der Waals surface area (Å²) < 4.78 is 12.6. The standard InChI is InChI=1S/C17H24N6O3S2/c1-5-18-16(27)21-19-14(24)10-28-17-22-20-15(23(17)6-2)11-7-8-12(25-3)13(9-11)26-4/h7-9H,5-6,10H2,1-4H3,(H,19,24)(H2,18,21,27). The number of rotatable bonds is 8. The average Bonchev–Trinajstić information content (AvgIpc) is 3.13. The molecule has 152 valence electrons. The lowest BCUT2D eigenvalue weighted by atomic mass is 10.2. The van der Waals surface area contributed by atoms with Crippen LogP contribution in [0, 0.1) is 0 Å². The summed E-state index contributed by atoms with van der Waals surface area (Å²) >= 11 is 6.29. The van der Waals surface area contributed by atoms with Crippen LogP contribution in [0.5, 0.6) is 11.5 Å². The predicted octanol–water partition coefficient (Wildman–Crippen LogP) is 1.59. The number of hydrazine groups is 1. The van der Waals surface area contributed by atoms with Crippen molar-refractivity contribution in [2.24, 2.45) is 0 Å². The highest BCUT2D eigenvalue weighted by Crippen LogP contribution is 2.32. The third kappa shape index (κ3) is 5.49. The van der Waals surface area contributed by atoms with Crippen LogP contribution in [0.2, 0.25) is 0 Å². The number of methoxy groups -OCH3 is 2. The fourth-order valence-electron chi connectivity index (χ4n) is 2.37. The Morgan fingerprint density at radius 1 is 1.18 bits per heavy atom. The van der Waals surface area contributed by atoms with Crippen LogP contribution in [0.1, 0.15) is 13.8 Å². The maximum Gasteiger partial charge on any atom is 0.248 e. The van der Waals surface area contributed by atoms with Crippen molar-refractivity contribution in [3.63, 3.8) is 0 Å². The zero-order chi connectivity index (χ0) is 20.5. The van der Waals surface area contributed by atoms with Crippen LogP contribution in [0.25, 0.3) is 11.4 Å². The van der Waals surface area contributed by atoms with E-state index in [2.05, 4.69) is 26.4 Å². The minimum absolute atomic E-state index is 0.172. The van der Waals surface area contributed by atoms with Crippen molar-refractivity contribution in [2.45, 2.75) is 25.5 Å². The van der Waals surface area contributed by atoms with Crippen molar-refractivity contribution in [1.82, 2.24) is 30.9 Å². The molecule has 0 radical (unpaired) electrons. The molecule has 0 aliphatic carbocycles. The Bertz CT molecular complexity index is 827. The second-order valence-corrected chi connectivity index (χ2v) is 6.79. The highest BCUT2D eigenvalue weighted by atomic mass is 32.2. The van der Waals surface area contributed by atoms with Crippen LogP contribution < -0.4 is 25.6 Å². The lowest BCUT2D eigenvalue weighted by Gasteiger charge is -2.11. The Labute approximate surface area is 173 Å². The number of hydrogen-bond donors (Lipinski definition) is 3. The van der Waals surface area contributed by atoms with Gasteiger partial charge in [-0.2, -0.15) is 0 Å². The summed E-state index contributed by atoms with van der Waals surface area (Å²) in [6.07, 6.45) is 0. The zero-order valence-electron chi connectivity index (χ0n) is 16.2. The minimum Gasteiger partial charge on any atom is -0.493 e. The van der Waals surface area contributed by atoms with Crippen LogP contribution in [-0.4, -0.2) is 52.3 Å². The number of aromatic nitrogens is 3. The zero-order valence-corrected chi connectivity index (χ0v) is 17.9. The van der Waals surface area contributed by atoms with E-state index in [1.54, 1.807) is 14.2 Å². The Morgan fingerprint density at radius 3 is 2.57 bits per heavy atom. The van der Waals surface area contributed by atoms with E-state index >= 15 is 0 Å². The molecule has 2 aromatic rings. The molecule has 0 saturated carbocycles. The highest BCUT2D eigenvalue weighted by Gasteiger charge is 2.16. The Hall–Kier alpha value is -2.53. The summed E-state index contributed by atoms with van der Waals surface area (Å²) in [6, 6.07) is 5.56. The number of thiocarbonyl (C=S) groups is 1. The third-order valence-corrected chi connectivity index (χ3v) is 4.87. The fraction of sp³-hybridized carbons (Fsp3) is 0.412. The van der Waals surface area contributed by atoms with Crippen molar-refractivity contribution in [1.29, 1.82) is 0 Å². The van der Waals surface area contributed by atoms with E-state index in [1.165, 1.54) is 11.8 Å². The first-order valence-electron chi connectivity index (χ1n) is 8.65. The van der Waals surface area contributed by atoms with Crippen LogP contribution in [0.4, 0.5) is 0 Å². The predicted molar refractivity (Wildman–Crippen MR) is 113 cm³/mol. The summed E-state index contributed by atoms with van der Waals surface area (Å²) in [5.74, 6) is 1.90. The van der Waals surface area contributed by atoms with Gasteiger partial charge in [-0.3, -0.25) is 15.6 Å². The summed E-state index contributed by atoms with van der Waals surface area (Å²) in [6.45, 7) is 5.24. The summed E-state index contributed by atoms with van der Waals surface area (Å²) in [5, 5.41) is 12.4. The molecule has 3 N–H and O–H groups in total. The first-order chi connectivity index (χ1) is 13.5. The normalized spacial score (nSPS) is 10.3.